The number of para-hydroxylation sites is 1. The molecule has 1 N–H and O–H groups in total. The predicted molar refractivity (Wildman–Crippen MR) is 64.8 cm³/mol. The maximum absolute atomic E-state index is 5.63. The number of fused-ring (bicyclic) bond motifs is 1. The molecule has 82 valence electrons. The SMILES string of the molecule is Cc1ccoc1C1CCNc2ccccc21. The highest BCUT2D eigenvalue weighted by Gasteiger charge is 2.24. The van der Waals surface area contributed by atoms with Gasteiger partial charge >= 0.3 is 0 Å². The maximum Gasteiger partial charge on any atom is 0.114 e. The molecule has 16 heavy (non-hydrogen) atoms. The van der Waals surface area contributed by atoms with E-state index in [4.69, 9.17) is 4.42 Å². The number of anilines is 1. The van der Waals surface area contributed by atoms with Crippen molar-refractivity contribution in [3.05, 3.63) is 53.5 Å². The highest BCUT2D eigenvalue weighted by Crippen LogP contribution is 2.37. The zero-order valence-corrected chi connectivity index (χ0v) is 9.36. The Balaban J connectivity index is 2.08. The first-order valence-corrected chi connectivity index (χ1v) is 5.73. The molecule has 0 bridgehead atoms. The molecule has 2 aromatic rings. The standard InChI is InChI=1S/C14H15NO/c1-10-7-9-16-14(10)12-6-8-15-13-5-3-2-4-11(12)13/h2-5,7,9,12,15H,6,8H2,1H3. The molecule has 0 radical (unpaired) electrons. The molecule has 0 amide bonds. The van der Waals surface area contributed by atoms with Gasteiger partial charge in [0.25, 0.3) is 0 Å². The van der Waals surface area contributed by atoms with E-state index in [9.17, 15) is 0 Å². The monoisotopic (exact) mass is 213 g/mol. The number of nitrogens with one attached hydrogen (secondary N) is 1. The lowest BCUT2D eigenvalue weighted by Gasteiger charge is -2.25. The normalized spacial score (nSPS) is 18.9. The molecule has 1 aromatic carbocycles. The summed E-state index contributed by atoms with van der Waals surface area (Å²) >= 11 is 0. The molecule has 3 rings (SSSR count). The molecule has 2 nitrogen and oxygen atoms in total. The lowest BCUT2D eigenvalue weighted by Crippen LogP contribution is -2.17. The minimum absolute atomic E-state index is 0.410. The van der Waals surface area contributed by atoms with Crippen molar-refractivity contribution >= 4 is 5.69 Å². The molecule has 2 heterocycles. The zero-order valence-electron chi connectivity index (χ0n) is 9.36. The Hall–Kier alpha value is -1.70. The summed E-state index contributed by atoms with van der Waals surface area (Å²) in [5.41, 5.74) is 3.85. The van der Waals surface area contributed by atoms with Crippen LogP contribution in [-0.2, 0) is 0 Å². The van der Waals surface area contributed by atoms with Crippen molar-refractivity contribution in [3.63, 3.8) is 0 Å². The van der Waals surface area contributed by atoms with Crippen molar-refractivity contribution in [3.8, 4) is 0 Å². The van der Waals surface area contributed by atoms with Crippen LogP contribution in [0.3, 0.4) is 0 Å². The average Bonchev–Trinajstić information content (AvgIpc) is 2.75. The van der Waals surface area contributed by atoms with Gasteiger partial charge in [-0.25, -0.2) is 0 Å². The van der Waals surface area contributed by atoms with Crippen LogP contribution in [0.1, 0.15) is 29.2 Å². The fraction of sp³-hybridized carbons (Fsp3) is 0.286. The summed E-state index contributed by atoms with van der Waals surface area (Å²) in [4.78, 5) is 0. The van der Waals surface area contributed by atoms with E-state index < -0.39 is 0 Å². The van der Waals surface area contributed by atoms with E-state index in [1.807, 2.05) is 6.07 Å². The fourth-order valence-electron chi connectivity index (χ4n) is 2.48. The Morgan fingerprint density at radius 3 is 2.94 bits per heavy atom. The average molecular weight is 213 g/mol. The molecule has 1 aliphatic heterocycles. The Morgan fingerprint density at radius 2 is 2.12 bits per heavy atom. The molecule has 1 aromatic heterocycles. The van der Waals surface area contributed by atoms with Crippen molar-refractivity contribution in [2.45, 2.75) is 19.3 Å². The lowest BCUT2D eigenvalue weighted by molar-refractivity contribution is 0.471. The third-order valence-electron chi connectivity index (χ3n) is 3.30. The second-order valence-electron chi connectivity index (χ2n) is 4.32. The Labute approximate surface area is 95.3 Å². The second kappa shape index (κ2) is 3.71. The van der Waals surface area contributed by atoms with Gasteiger partial charge in [-0.3, -0.25) is 0 Å². The molecule has 0 aliphatic carbocycles. The van der Waals surface area contributed by atoms with Crippen LogP contribution in [0, 0.1) is 6.92 Å². The van der Waals surface area contributed by atoms with E-state index in [0.717, 1.165) is 18.7 Å². The molecule has 0 saturated heterocycles. The van der Waals surface area contributed by atoms with Crippen molar-refractivity contribution < 1.29 is 4.42 Å². The Morgan fingerprint density at radius 1 is 1.25 bits per heavy atom. The van der Waals surface area contributed by atoms with Gasteiger partial charge < -0.3 is 9.73 Å². The van der Waals surface area contributed by atoms with E-state index in [1.54, 1.807) is 6.26 Å². The summed E-state index contributed by atoms with van der Waals surface area (Å²) in [6.07, 6.45) is 2.89. The van der Waals surface area contributed by atoms with Crippen molar-refractivity contribution in [2.75, 3.05) is 11.9 Å². The van der Waals surface area contributed by atoms with Gasteiger partial charge in [0.05, 0.1) is 6.26 Å². The molecule has 2 heteroatoms. The highest BCUT2D eigenvalue weighted by atomic mass is 16.3. The van der Waals surface area contributed by atoms with Gasteiger partial charge in [0.1, 0.15) is 5.76 Å². The summed E-state index contributed by atoms with van der Waals surface area (Å²) in [7, 11) is 0. The van der Waals surface area contributed by atoms with Crippen LogP contribution in [0.15, 0.2) is 41.0 Å². The zero-order chi connectivity index (χ0) is 11.0. The van der Waals surface area contributed by atoms with Gasteiger partial charge in [0, 0.05) is 18.2 Å². The van der Waals surface area contributed by atoms with Gasteiger partial charge in [0.2, 0.25) is 0 Å². The van der Waals surface area contributed by atoms with Crippen LogP contribution in [0.5, 0.6) is 0 Å². The maximum atomic E-state index is 5.63. The van der Waals surface area contributed by atoms with Crippen LogP contribution in [-0.4, -0.2) is 6.54 Å². The molecule has 1 aliphatic rings. The molecule has 0 fully saturated rings. The Bertz CT molecular complexity index is 501. The molecular formula is C14H15NO. The summed E-state index contributed by atoms with van der Waals surface area (Å²) in [5.74, 6) is 1.53. The first-order chi connectivity index (χ1) is 7.86. The summed E-state index contributed by atoms with van der Waals surface area (Å²) in [6, 6.07) is 10.5. The van der Waals surface area contributed by atoms with Crippen LogP contribution in [0.2, 0.25) is 0 Å². The van der Waals surface area contributed by atoms with E-state index in [2.05, 4.69) is 36.5 Å². The van der Waals surface area contributed by atoms with E-state index in [-0.39, 0.29) is 0 Å². The van der Waals surface area contributed by atoms with Gasteiger partial charge in [-0.2, -0.15) is 0 Å². The number of furan rings is 1. The van der Waals surface area contributed by atoms with E-state index in [1.165, 1.54) is 16.8 Å². The largest absolute Gasteiger partial charge is 0.468 e. The van der Waals surface area contributed by atoms with Gasteiger partial charge in [-0.1, -0.05) is 18.2 Å². The second-order valence-corrected chi connectivity index (χ2v) is 4.32. The summed E-state index contributed by atoms with van der Waals surface area (Å²) < 4.78 is 5.63. The molecule has 1 atom stereocenters. The molecule has 0 spiro atoms. The van der Waals surface area contributed by atoms with Crippen LogP contribution in [0.4, 0.5) is 5.69 Å². The number of hydrogen-bond acceptors (Lipinski definition) is 2. The van der Waals surface area contributed by atoms with Gasteiger partial charge in [-0.15, -0.1) is 0 Å². The number of benzene rings is 1. The van der Waals surface area contributed by atoms with Crippen LogP contribution < -0.4 is 5.32 Å². The van der Waals surface area contributed by atoms with Crippen LogP contribution >= 0.6 is 0 Å². The number of hydrogen-bond donors (Lipinski definition) is 1. The Kier molecular flexibility index (Phi) is 2.21. The van der Waals surface area contributed by atoms with E-state index in [0.29, 0.717) is 5.92 Å². The van der Waals surface area contributed by atoms with Crippen LogP contribution in [0.25, 0.3) is 0 Å². The fourth-order valence-corrected chi connectivity index (χ4v) is 2.48. The van der Waals surface area contributed by atoms with Gasteiger partial charge in [0.15, 0.2) is 0 Å². The lowest BCUT2D eigenvalue weighted by atomic mass is 9.88. The highest BCUT2D eigenvalue weighted by molar-refractivity contribution is 5.56. The van der Waals surface area contributed by atoms with Crippen molar-refractivity contribution in [1.29, 1.82) is 0 Å². The summed E-state index contributed by atoms with van der Waals surface area (Å²) in [6.45, 7) is 3.13. The minimum Gasteiger partial charge on any atom is -0.468 e. The number of aryl methyl sites for hydroxylation is 1. The van der Waals surface area contributed by atoms with Crippen molar-refractivity contribution in [2.24, 2.45) is 0 Å². The minimum atomic E-state index is 0.410. The topological polar surface area (TPSA) is 25.2 Å². The van der Waals surface area contributed by atoms with E-state index >= 15 is 0 Å². The van der Waals surface area contributed by atoms with Gasteiger partial charge in [-0.05, 0) is 36.6 Å². The smallest absolute Gasteiger partial charge is 0.114 e. The molecular weight excluding hydrogens is 198 g/mol. The molecule has 0 saturated carbocycles. The van der Waals surface area contributed by atoms with Crippen molar-refractivity contribution in [1.82, 2.24) is 0 Å². The third kappa shape index (κ3) is 1.42. The quantitative estimate of drug-likeness (QED) is 0.783. The number of rotatable bonds is 1. The molecule has 1 unspecified atom stereocenters. The first kappa shape index (κ1) is 9.52. The predicted octanol–water partition coefficient (Wildman–Crippen LogP) is 3.54. The third-order valence-corrected chi connectivity index (χ3v) is 3.30. The summed E-state index contributed by atoms with van der Waals surface area (Å²) in [5, 5.41) is 3.43. The first-order valence-electron chi connectivity index (χ1n) is 5.73.